The number of carbonyl (C=O) groups excluding carboxylic acids is 1. The molecule has 0 aliphatic carbocycles. The molecule has 122 valence electrons. The second-order valence-corrected chi connectivity index (χ2v) is 5.84. The molecule has 1 unspecified atom stereocenters. The fourth-order valence-electron chi connectivity index (χ4n) is 2.90. The largest absolute Gasteiger partial charge is 0.386 e. The number of piperidine rings is 1. The lowest BCUT2D eigenvalue weighted by Crippen LogP contribution is -2.55. The van der Waals surface area contributed by atoms with Gasteiger partial charge >= 0.3 is 0 Å². The topological polar surface area (TPSA) is 95.6 Å². The predicted molar refractivity (Wildman–Crippen MR) is 81.9 cm³/mol. The van der Waals surface area contributed by atoms with Gasteiger partial charge in [0.2, 0.25) is 5.95 Å². The van der Waals surface area contributed by atoms with E-state index in [0.29, 0.717) is 18.9 Å². The summed E-state index contributed by atoms with van der Waals surface area (Å²) in [5.74, 6) is 0.316. The Bertz CT molecular complexity index is 648. The number of aliphatic hydroxyl groups is 1. The van der Waals surface area contributed by atoms with Gasteiger partial charge in [-0.25, -0.2) is 9.97 Å². The highest BCUT2D eigenvalue weighted by atomic mass is 16.5. The molecule has 0 radical (unpaired) electrons. The Balaban J connectivity index is 1.67. The van der Waals surface area contributed by atoms with E-state index < -0.39 is 5.60 Å². The monoisotopic (exact) mass is 317 g/mol. The zero-order valence-corrected chi connectivity index (χ0v) is 12.9. The Labute approximate surface area is 133 Å². The van der Waals surface area contributed by atoms with Crippen molar-refractivity contribution in [3.8, 4) is 0 Å². The molecular formula is C15H19N5O3. The molecule has 0 saturated carbocycles. The highest BCUT2D eigenvalue weighted by Crippen LogP contribution is 2.24. The number of likely N-dealkylation sites (N-methyl/N-ethyl adjacent to an activating group) is 1. The van der Waals surface area contributed by atoms with Gasteiger partial charge < -0.3 is 19.4 Å². The van der Waals surface area contributed by atoms with Gasteiger partial charge in [0, 0.05) is 32.1 Å². The minimum absolute atomic E-state index is 0.210. The molecule has 1 amide bonds. The highest BCUT2D eigenvalue weighted by molar-refractivity contribution is 5.91. The van der Waals surface area contributed by atoms with Crippen molar-refractivity contribution in [1.29, 1.82) is 0 Å². The molecule has 0 spiro atoms. The van der Waals surface area contributed by atoms with Crippen LogP contribution in [0.4, 0.5) is 5.95 Å². The predicted octanol–water partition coefficient (Wildman–Crippen LogP) is 0.568. The SMILES string of the molecule is CN(CC1(O)CCCN(c2ncccn2)C1)C(=O)c1ccon1. The number of hydrogen-bond donors (Lipinski definition) is 1. The van der Waals surface area contributed by atoms with Crippen molar-refractivity contribution in [1.82, 2.24) is 20.0 Å². The third kappa shape index (κ3) is 3.48. The van der Waals surface area contributed by atoms with E-state index in [1.54, 1.807) is 25.5 Å². The van der Waals surface area contributed by atoms with Crippen LogP contribution >= 0.6 is 0 Å². The fourth-order valence-corrected chi connectivity index (χ4v) is 2.90. The summed E-state index contributed by atoms with van der Waals surface area (Å²) in [6.07, 6.45) is 6.13. The lowest BCUT2D eigenvalue weighted by atomic mass is 9.92. The van der Waals surface area contributed by atoms with Crippen LogP contribution in [0.2, 0.25) is 0 Å². The van der Waals surface area contributed by atoms with Crippen molar-refractivity contribution in [3.05, 3.63) is 36.5 Å². The van der Waals surface area contributed by atoms with E-state index in [9.17, 15) is 9.90 Å². The lowest BCUT2D eigenvalue weighted by molar-refractivity contribution is -0.000538. The molecule has 1 atom stereocenters. The normalized spacial score (nSPS) is 21.2. The van der Waals surface area contributed by atoms with E-state index in [0.717, 1.165) is 13.0 Å². The van der Waals surface area contributed by atoms with Gasteiger partial charge in [-0.15, -0.1) is 0 Å². The maximum Gasteiger partial charge on any atom is 0.275 e. The van der Waals surface area contributed by atoms with Crippen molar-refractivity contribution in [2.75, 3.05) is 31.6 Å². The summed E-state index contributed by atoms with van der Waals surface area (Å²) in [5.41, 5.74) is -0.777. The number of amides is 1. The quantitative estimate of drug-likeness (QED) is 0.880. The number of β-amino-alcohol motifs (C(OH)–C–C–N with tert-alkyl or cyclic N) is 1. The van der Waals surface area contributed by atoms with E-state index in [-0.39, 0.29) is 18.1 Å². The van der Waals surface area contributed by atoms with E-state index in [1.807, 2.05) is 4.90 Å². The molecule has 3 rings (SSSR count). The summed E-state index contributed by atoms with van der Waals surface area (Å²) in [6.45, 7) is 1.38. The molecule has 8 nitrogen and oxygen atoms in total. The first-order valence-corrected chi connectivity index (χ1v) is 7.48. The van der Waals surface area contributed by atoms with Crippen molar-refractivity contribution >= 4 is 11.9 Å². The zero-order valence-electron chi connectivity index (χ0n) is 12.9. The molecule has 23 heavy (non-hydrogen) atoms. The first kappa shape index (κ1) is 15.4. The molecule has 8 heteroatoms. The smallest absolute Gasteiger partial charge is 0.275 e. The van der Waals surface area contributed by atoms with Crippen LogP contribution in [-0.4, -0.2) is 63.3 Å². The summed E-state index contributed by atoms with van der Waals surface area (Å²) in [6, 6.07) is 3.26. The van der Waals surface area contributed by atoms with Gasteiger partial charge in [0.15, 0.2) is 5.69 Å². The fraction of sp³-hybridized carbons (Fsp3) is 0.467. The molecule has 1 N–H and O–H groups in total. The summed E-state index contributed by atoms with van der Waals surface area (Å²) >= 11 is 0. The highest BCUT2D eigenvalue weighted by Gasteiger charge is 2.36. The second-order valence-electron chi connectivity index (χ2n) is 5.84. The molecule has 1 saturated heterocycles. The molecule has 2 aromatic heterocycles. The maximum atomic E-state index is 12.2. The Morgan fingerprint density at radius 3 is 2.96 bits per heavy atom. The maximum absolute atomic E-state index is 12.2. The second kappa shape index (κ2) is 6.33. The minimum Gasteiger partial charge on any atom is -0.386 e. The number of hydrogen-bond acceptors (Lipinski definition) is 7. The van der Waals surface area contributed by atoms with Gasteiger partial charge in [-0.3, -0.25) is 4.79 Å². The number of aromatic nitrogens is 3. The van der Waals surface area contributed by atoms with E-state index in [2.05, 4.69) is 15.1 Å². The van der Waals surface area contributed by atoms with Crippen molar-refractivity contribution < 1.29 is 14.4 Å². The number of anilines is 1. The molecule has 0 bridgehead atoms. The average Bonchev–Trinajstić information content (AvgIpc) is 3.09. The van der Waals surface area contributed by atoms with Crippen LogP contribution < -0.4 is 4.90 Å². The van der Waals surface area contributed by atoms with Gasteiger partial charge in [-0.05, 0) is 18.9 Å². The van der Waals surface area contributed by atoms with Crippen LogP contribution in [0.1, 0.15) is 23.3 Å². The van der Waals surface area contributed by atoms with E-state index in [4.69, 9.17) is 4.52 Å². The van der Waals surface area contributed by atoms with Crippen LogP contribution in [0.15, 0.2) is 35.3 Å². The number of rotatable bonds is 4. The molecule has 2 aromatic rings. The van der Waals surface area contributed by atoms with Gasteiger partial charge in [-0.1, -0.05) is 5.16 Å². The molecule has 3 heterocycles. The molecular weight excluding hydrogens is 298 g/mol. The summed E-state index contributed by atoms with van der Waals surface area (Å²) in [5, 5.41) is 14.5. The summed E-state index contributed by atoms with van der Waals surface area (Å²) in [4.78, 5) is 24.1. The first-order chi connectivity index (χ1) is 11.1. The van der Waals surface area contributed by atoms with Gasteiger partial charge in [-0.2, -0.15) is 0 Å². The molecule has 0 aromatic carbocycles. The minimum atomic E-state index is -1.01. The molecule has 1 aliphatic heterocycles. The van der Waals surface area contributed by atoms with Gasteiger partial charge in [0.1, 0.15) is 6.26 Å². The standard InChI is InChI=1S/C15H19N5O3/c1-19(13(21)12-4-9-23-18-12)10-15(22)5-2-8-20(11-15)14-16-6-3-7-17-14/h3-4,6-7,9,22H,2,5,8,10-11H2,1H3. The first-order valence-electron chi connectivity index (χ1n) is 7.48. The van der Waals surface area contributed by atoms with Crippen LogP contribution in [0, 0.1) is 0 Å². The lowest BCUT2D eigenvalue weighted by Gasteiger charge is -2.40. The van der Waals surface area contributed by atoms with Crippen molar-refractivity contribution in [2.45, 2.75) is 18.4 Å². The van der Waals surface area contributed by atoms with Crippen LogP contribution in [-0.2, 0) is 0 Å². The Morgan fingerprint density at radius 1 is 1.48 bits per heavy atom. The Hall–Kier alpha value is -2.48. The van der Waals surface area contributed by atoms with Crippen molar-refractivity contribution in [2.24, 2.45) is 0 Å². The van der Waals surface area contributed by atoms with Crippen LogP contribution in [0.25, 0.3) is 0 Å². The Morgan fingerprint density at radius 2 is 2.26 bits per heavy atom. The van der Waals surface area contributed by atoms with Gasteiger partial charge in [0.25, 0.3) is 5.91 Å². The van der Waals surface area contributed by atoms with Crippen LogP contribution in [0.5, 0.6) is 0 Å². The number of nitrogens with zero attached hydrogens (tertiary/aromatic N) is 5. The summed E-state index contributed by atoms with van der Waals surface area (Å²) in [7, 11) is 1.65. The van der Waals surface area contributed by atoms with Crippen molar-refractivity contribution in [3.63, 3.8) is 0 Å². The number of carbonyl (C=O) groups is 1. The summed E-state index contributed by atoms with van der Waals surface area (Å²) < 4.78 is 4.69. The average molecular weight is 317 g/mol. The molecule has 1 aliphatic rings. The molecule has 1 fully saturated rings. The third-order valence-electron chi connectivity index (χ3n) is 3.93. The third-order valence-corrected chi connectivity index (χ3v) is 3.93. The van der Waals surface area contributed by atoms with E-state index >= 15 is 0 Å². The Kier molecular flexibility index (Phi) is 4.24. The van der Waals surface area contributed by atoms with Gasteiger partial charge in [0.05, 0.1) is 18.7 Å². The van der Waals surface area contributed by atoms with Crippen LogP contribution in [0.3, 0.4) is 0 Å². The zero-order chi connectivity index (χ0) is 16.3. The van der Waals surface area contributed by atoms with E-state index in [1.165, 1.54) is 17.2 Å².